The van der Waals surface area contributed by atoms with Gasteiger partial charge in [-0.2, -0.15) is 11.3 Å². The lowest BCUT2D eigenvalue weighted by Crippen LogP contribution is -2.46. The lowest BCUT2D eigenvalue weighted by atomic mass is 10.1. The van der Waals surface area contributed by atoms with Crippen molar-refractivity contribution in [2.75, 3.05) is 0 Å². The fourth-order valence-electron chi connectivity index (χ4n) is 1.60. The van der Waals surface area contributed by atoms with E-state index >= 15 is 0 Å². The van der Waals surface area contributed by atoms with Crippen LogP contribution in [0.25, 0.3) is 0 Å². The Morgan fingerprint density at radius 3 is 2.30 bits per heavy atom. The van der Waals surface area contributed by atoms with Crippen molar-refractivity contribution in [1.82, 2.24) is 5.32 Å². The van der Waals surface area contributed by atoms with E-state index in [1.807, 2.05) is 30.7 Å². The number of ether oxygens (including phenoxy) is 2. The average Bonchev–Trinajstić information content (AvgIpc) is 2.90. The van der Waals surface area contributed by atoms with Gasteiger partial charge in [0.25, 0.3) is 0 Å². The molecule has 0 unspecified atom stereocenters. The third kappa shape index (κ3) is 9.94. The first kappa shape index (κ1) is 21.4. The second-order valence-corrected chi connectivity index (χ2v) is 6.80. The number of nitrogens with one attached hydrogen (secondary N) is 1. The van der Waals surface area contributed by atoms with Gasteiger partial charge in [-0.1, -0.05) is 13.8 Å². The van der Waals surface area contributed by atoms with Crippen molar-refractivity contribution in [3.05, 3.63) is 22.4 Å². The van der Waals surface area contributed by atoms with Crippen LogP contribution in [0.2, 0.25) is 0 Å². The first-order valence-electron chi connectivity index (χ1n) is 7.88. The number of alkyl carbamates (subject to hydrolysis) is 1. The summed E-state index contributed by atoms with van der Waals surface area (Å²) in [6, 6.07) is 1.16. The van der Waals surface area contributed by atoms with E-state index in [-0.39, 0.29) is 6.10 Å². The summed E-state index contributed by atoms with van der Waals surface area (Å²) in [5.74, 6) is -0.456. The Kier molecular flexibility index (Phi) is 9.56. The van der Waals surface area contributed by atoms with Crippen molar-refractivity contribution in [3.8, 4) is 0 Å². The largest absolute Gasteiger partial charge is 0.461 e. The minimum atomic E-state index is -0.753. The summed E-state index contributed by atoms with van der Waals surface area (Å²) in [5.41, 5.74) is 0.362. The minimum Gasteiger partial charge on any atom is -0.461 e. The normalized spacial score (nSPS) is 12.0. The molecule has 0 aliphatic heterocycles. The maximum absolute atomic E-state index is 12.1. The monoisotopic (exact) mass is 343 g/mol. The number of rotatable bonds is 5. The highest BCUT2D eigenvalue weighted by Crippen LogP contribution is 2.12. The van der Waals surface area contributed by atoms with E-state index in [1.54, 1.807) is 46.0 Å². The van der Waals surface area contributed by atoms with Gasteiger partial charge in [-0.3, -0.25) is 0 Å². The molecular formula is C17H29NO4S. The zero-order valence-corrected chi connectivity index (χ0v) is 16.0. The summed E-state index contributed by atoms with van der Waals surface area (Å²) >= 11 is 1.54. The summed E-state index contributed by atoms with van der Waals surface area (Å²) in [4.78, 5) is 23.9. The van der Waals surface area contributed by atoms with E-state index in [1.165, 1.54) is 0 Å². The van der Waals surface area contributed by atoms with Crippen molar-refractivity contribution in [3.63, 3.8) is 0 Å². The number of carbonyl (C=O) groups is 2. The molecule has 132 valence electrons. The Bertz CT molecular complexity index is 463. The minimum absolute atomic E-state index is 0.233. The fourth-order valence-corrected chi connectivity index (χ4v) is 2.28. The number of thiophene rings is 1. The molecule has 0 aliphatic rings. The van der Waals surface area contributed by atoms with Gasteiger partial charge in [0.1, 0.15) is 11.6 Å². The van der Waals surface area contributed by atoms with Crippen molar-refractivity contribution in [2.45, 2.75) is 72.6 Å². The molecule has 1 N–H and O–H groups in total. The molecule has 1 atom stereocenters. The van der Waals surface area contributed by atoms with Crippen LogP contribution in [-0.4, -0.2) is 29.8 Å². The van der Waals surface area contributed by atoms with Gasteiger partial charge in [0.05, 0.1) is 6.10 Å². The molecule has 1 amide bonds. The van der Waals surface area contributed by atoms with Gasteiger partial charge >= 0.3 is 12.1 Å². The molecule has 0 saturated heterocycles. The van der Waals surface area contributed by atoms with Crippen molar-refractivity contribution < 1.29 is 19.1 Å². The topological polar surface area (TPSA) is 64.6 Å². The molecule has 5 nitrogen and oxygen atoms in total. The van der Waals surface area contributed by atoms with Crippen LogP contribution in [0.5, 0.6) is 0 Å². The van der Waals surface area contributed by atoms with Gasteiger partial charge in [-0.25, -0.2) is 9.59 Å². The molecular weight excluding hydrogens is 314 g/mol. The average molecular weight is 343 g/mol. The molecule has 1 aromatic rings. The molecule has 0 saturated carbocycles. The molecule has 0 aliphatic carbocycles. The predicted octanol–water partition coefficient (Wildman–Crippen LogP) is 4.16. The SMILES string of the molecule is CC.CC(C)OC(=O)[C@@H](Cc1ccsc1)NC(=O)OC(C)(C)C. The fraction of sp³-hybridized carbons (Fsp3) is 0.647. The van der Waals surface area contributed by atoms with Crippen LogP contribution in [-0.2, 0) is 20.7 Å². The van der Waals surface area contributed by atoms with Gasteiger partial charge in [0.15, 0.2) is 0 Å². The maximum Gasteiger partial charge on any atom is 0.408 e. The molecule has 1 rings (SSSR count). The van der Waals surface area contributed by atoms with Crippen LogP contribution in [0.15, 0.2) is 16.8 Å². The number of amides is 1. The molecule has 0 fully saturated rings. The van der Waals surface area contributed by atoms with Crippen molar-refractivity contribution in [1.29, 1.82) is 0 Å². The molecule has 23 heavy (non-hydrogen) atoms. The molecule has 6 heteroatoms. The van der Waals surface area contributed by atoms with Crippen LogP contribution in [0.1, 0.15) is 54.0 Å². The van der Waals surface area contributed by atoms with E-state index in [2.05, 4.69) is 5.32 Å². The highest BCUT2D eigenvalue weighted by atomic mass is 32.1. The number of hydrogen-bond acceptors (Lipinski definition) is 5. The summed E-state index contributed by atoms with van der Waals surface area (Å²) in [6.45, 7) is 12.9. The van der Waals surface area contributed by atoms with E-state index in [9.17, 15) is 9.59 Å². The number of carbonyl (C=O) groups excluding carboxylic acids is 2. The zero-order valence-electron chi connectivity index (χ0n) is 15.1. The standard InChI is InChI=1S/C15H23NO4S.C2H6/c1-10(2)19-13(17)12(8-11-6-7-21-9-11)16-14(18)20-15(3,4)5;1-2/h6-7,9-10,12H,8H2,1-5H3,(H,16,18);1-2H3/t12-;/m1./s1. The Morgan fingerprint density at radius 2 is 1.87 bits per heavy atom. The molecule has 0 radical (unpaired) electrons. The van der Waals surface area contributed by atoms with Crippen molar-refractivity contribution in [2.24, 2.45) is 0 Å². The van der Waals surface area contributed by atoms with Crippen LogP contribution in [0.4, 0.5) is 4.79 Å². The van der Waals surface area contributed by atoms with Crippen LogP contribution >= 0.6 is 11.3 Å². The second-order valence-electron chi connectivity index (χ2n) is 6.02. The Balaban J connectivity index is 0.00000232. The summed E-state index contributed by atoms with van der Waals surface area (Å²) in [7, 11) is 0. The van der Waals surface area contributed by atoms with Crippen LogP contribution in [0, 0.1) is 0 Å². The number of hydrogen-bond donors (Lipinski definition) is 1. The summed E-state index contributed by atoms with van der Waals surface area (Å²) in [6.07, 6.45) is -0.472. The van der Waals surface area contributed by atoms with Crippen molar-refractivity contribution >= 4 is 23.4 Å². The van der Waals surface area contributed by atoms with E-state index < -0.39 is 23.7 Å². The van der Waals surface area contributed by atoms with Crippen LogP contribution < -0.4 is 5.32 Å². The van der Waals surface area contributed by atoms with E-state index in [4.69, 9.17) is 9.47 Å². The Morgan fingerprint density at radius 1 is 1.26 bits per heavy atom. The first-order valence-corrected chi connectivity index (χ1v) is 8.83. The van der Waals surface area contributed by atoms with E-state index in [0.29, 0.717) is 6.42 Å². The third-order valence-electron chi connectivity index (χ3n) is 2.35. The maximum atomic E-state index is 12.1. The van der Waals surface area contributed by atoms with Gasteiger partial charge in [-0.15, -0.1) is 0 Å². The Hall–Kier alpha value is -1.56. The lowest BCUT2D eigenvalue weighted by molar-refractivity contribution is -0.149. The van der Waals surface area contributed by atoms with Gasteiger partial charge in [0, 0.05) is 6.42 Å². The summed E-state index contributed by atoms with van der Waals surface area (Å²) in [5, 5.41) is 6.45. The van der Waals surface area contributed by atoms with Gasteiger partial charge in [0.2, 0.25) is 0 Å². The number of esters is 1. The van der Waals surface area contributed by atoms with E-state index in [0.717, 1.165) is 5.56 Å². The molecule has 0 spiro atoms. The summed E-state index contributed by atoms with van der Waals surface area (Å²) < 4.78 is 10.4. The van der Waals surface area contributed by atoms with Crippen LogP contribution in [0.3, 0.4) is 0 Å². The zero-order chi connectivity index (χ0) is 18.0. The molecule has 1 aromatic heterocycles. The highest BCUT2D eigenvalue weighted by molar-refractivity contribution is 7.07. The highest BCUT2D eigenvalue weighted by Gasteiger charge is 2.26. The quantitative estimate of drug-likeness (QED) is 0.815. The molecule has 1 heterocycles. The van der Waals surface area contributed by atoms with Gasteiger partial charge < -0.3 is 14.8 Å². The smallest absolute Gasteiger partial charge is 0.408 e. The molecule has 0 aromatic carbocycles. The first-order chi connectivity index (χ1) is 10.7. The molecule has 0 bridgehead atoms. The predicted molar refractivity (Wildman–Crippen MR) is 93.8 cm³/mol. The van der Waals surface area contributed by atoms with Gasteiger partial charge in [-0.05, 0) is 57.0 Å². The lowest BCUT2D eigenvalue weighted by Gasteiger charge is -2.23. The third-order valence-corrected chi connectivity index (χ3v) is 3.08. The second kappa shape index (κ2) is 10.3. The Labute approximate surface area is 143 Å².